The maximum absolute atomic E-state index is 12.6. The molecule has 6 nitrogen and oxygen atoms in total. The highest BCUT2D eigenvalue weighted by molar-refractivity contribution is 5.82. The maximum atomic E-state index is 12.6. The SMILES string of the molecule is O=C(OCC1c2ccccc2-c2ccccc21)N1CC(O)(C2CCN(C(=O)C(F)(F)F)CC2)C1. The average Bonchev–Trinajstić information content (AvgIpc) is 3.13. The number of ether oxygens (including phenoxy) is 1. The summed E-state index contributed by atoms with van der Waals surface area (Å²) in [6.45, 7) is 0.204. The molecule has 1 aliphatic carbocycles. The van der Waals surface area contributed by atoms with Gasteiger partial charge in [0.1, 0.15) is 12.2 Å². The first-order valence-corrected chi connectivity index (χ1v) is 11.4. The first-order valence-electron chi connectivity index (χ1n) is 11.4. The van der Waals surface area contributed by atoms with Crippen LogP contribution in [0.15, 0.2) is 48.5 Å². The Hall–Kier alpha value is -3.07. The van der Waals surface area contributed by atoms with Crippen molar-refractivity contribution in [3.05, 3.63) is 59.7 Å². The lowest BCUT2D eigenvalue weighted by Crippen LogP contribution is -2.68. The number of halogens is 3. The van der Waals surface area contributed by atoms with E-state index < -0.39 is 23.8 Å². The number of piperidine rings is 1. The molecule has 34 heavy (non-hydrogen) atoms. The van der Waals surface area contributed by atoms with Gasteiger partial charge in [-0.1, -0.05) is 48.5 Å². The van der Waals surface area contributed by atoms with Crippen molar-refractivity contribution in [1.82, 2.24) is 9.80 Å². The Morgan fingerprint density at radius 3 is 2.00 bits per heavy atom. The summed E-state index contributed by atoms with van der Waals surface area (Å²) in [4.78, 5) is 26.2. The summed E-state index contributed by atoms with van der Waals surface area (Å²) in [6.07, 6.45) is -4.88. The van der Waals surface area contributed by atoms with Crippen molar-refractivity contribution in [2.45, 2.75) is 30.5 Å². The molecule has 1 N–H and O–H groups in total. The summed E-state index contributed by atoms with van der Waals surface area (Å²) in [5.41, 5.74) is 3.31. The highest BCUT2D eigenvalue weighted by atomic mass is 19.4. The third-order valence-corrected chi connectivity index (χ3v) is 7.31. The van der Waals surface area contributed by atoms with Gasteiger partial charge in [-0.15, -0.1) is 0 Å². The van der Waals surface area contributed by atoms with E-state index in [0.717, 1.165) is 27.2 Å². The molecular formula is C25H25F3N2O4. The van der Waals surface area contributed by atoms with Crippen LogP contribution in [0.4, 0.5) is 18.0 Å². The first-order chi connectivity index (χ1) is 16.2. The number of carbonyl (C=O) groups excluding carboxylic acids is 2. The number of likely N-dealkylation sites (tertiary alicyclic amines) is 2. The average molecular weight is 474 g/mol. The van der Waals surface area contributed by atoms with E-state index in [2.05, 4.69) is 12.1 Å². The Balaban J connectivity index is 1.15. The van der Waals surface area contributed by atoms with Crippen LogP contribution >= 0.6 is 0 Å². The fourth-order valence-electron chi connectivity index (χ4n) is 5.49. The van der Waals surface area contributed by atoms with E-state index in [1.807, 2.05) is 36.4 Å². The largest absolute Gasteiger partial charge is 0.471 e. The minimum atomic E-state index is -4.89. The number of benzene rings is 2. The zero-order valence-electron chi connectivity index (χ0n) is 18.4. The number of aliphatic hydroxyl groups is 1. The highest BCUT2D eigenvalue weighted by Crippen LogP contribution is 2.45. The molecule has 0 atom stereocenters. The lowest BCUT2D eigenvalue weighted by molar-refractivity contribution is -0.189. The number of nitrogens with zero attached hydrogens (tertiary/aromatic N) is 2. The second-order valence-corrected chi connectivity index (χ2v) is 9.33. The first kappa shape index (κ1) is 22.7. The van der Waals surface area contributed by atoms with Gasteiger partial charge in [-0.2, -0.15) is 13.2 Å². The normalized spacial score (nSPS) is 19.9. The number of fused-ring (bicyclic) bond motifs is 3. The Kier molecular flexibility index (Phi) is 5.55. The van der Waals surface area contributed by atoms with E-state index in [9.17, 15) is 27.9 Å². The summed E-state index contributed by atoms with van der Waals surface area (Å²) in [5.74, 6) is -2.18. The van der Waals surface area contributed by atoms with Crippen LogP contribution in [0, 0.1) is 5.92 Å². The molecule has 0 spiro atoms. The summed E-state index contributed by atoms with van der Waals surface area (Å²) >= 11 is 0. The molecule has 2 aliphatic heterocycles. The smallest absolute Gasteiger partial charge is 0.448 e. The Labute approximate surface area is 194 Å². The van der Waals surface area contributed by atoms with Crippen molar-refractivity contribution in [2.75, 3.05) is 32.8 Å². The molecule has 0 saturated carbocycles. The molecular weight excluding hydrogens is 449 g/mol. The number of hydrogen-bond acceptors (Lipinski definition) is 4. The van der Waals surface area contributed by atoms with Gasteiger partial charge in [0.25, 0.3) is 0 Å². The number of alkyl halides is 3. The van der Waals surface area contributed by atoms with E-state index in [-0.39, 0.29) is 57.5 Å². The molecule has 2 fully saturated rings. The zero-order chi connectivity index (χ0) is 24.1. The summed E-state index contributed by atoms with van der Waals surface area (Å²) in [5, 5.41) is 10.9. The minimum Gasteiger partial charge on any atom is -0.448 e. The van der Waals surface area contributed by atoms with Crippen LogP contribution in [-0.2, 0) is 9.53 Å². The van der Waals surface area contributed by atoms with Crippen molar-refractivity contribution in [1.29, 1.82) is 0 Å². The van der Waals surface area contributed by atoms with Gasteiger partial charge >= 0.3 is 18.2 Å². The van der Waals surface area contributed by atoms with Gasteiger partial charge in [0.05, 0.1) is 13.1 Å². The number of β-amino-alcohol motifs (C(OH)–C–C–N with tert-alkyl or cyclic N) is 1. The molecule has 0 unspecified atom stereocenters. The van der Waals surface area contributed by atoms with Crippen LogP contribution in [0.3, 0.4) is 0 Å². The lowest BCUT2D eigenvalue weighted by atomic mass is 9.75. The second-order valence-electron chi connectivity index (χ2n) is 9.33. The van der Waals surface area contributed by atoms with E-state index >= 15 is 0 Å². The van der Waals surface area contributed by atoms with Crippen molar-refractivity contribution >= 4 is 12.0 Å². The summed E-state index contributed by atoms with van der Waals surface area (Å²) in [6, 6.07) is 16.1. The fourth-order valence-corrected chi connectivity index (χ4v) is 5.49. The molecule has 180 valence electrons. The Bertz CT molecular complexity index is 1060. The van der Waals surface area contributed by atoms with E-state index in [1.165, 1.54) is 4.90 Å². The Morgan fingerprint density at radius 2 is 1.47 bits per heavy atom. The van der Waals surface area contributed by atoms with Gasteiger partial charge in [-0.25, -0.2) is 4.79 Å². The number of rotatable bonds is 3. The quantitative estimate of drug-likeness (QED) is 0.735. The molecule has 2 saturated heterocycles. The number of amides is 2. The molecule has 5 rings (SSSR count). The molecule has 2 amide bonds. The lowest BCUT2D eigenvalue weighted by Gasteiger charge is -2.51. The topological polar surface area (TPSA) is 70.1 Å². The van der Waals surface area contributed by atoms with Crippen molar-refractivity contribution in [2.24, 2.45) is 5.92 Å². The summed E-state index contributed by atoms with van der Waals surface area (Å²) in [7, 11) is 0. The monoisotopic (exact) mass is 474 g/mol. The van der Waals surface area contributed by atoms with Crippen LogP contribution in [-0.4, -0.2) is 71.5 Å². The van der Waals surface area contributed by atoms with Crippen LogP contribution in [0.1, 0.15) is 29.9 Å². The molecule has 2 heterocycles. The van der Waals surface area contributed by atoms with Gasteiger partial charge in [0.15, 0.2) is 0 Å². The zero-order valence-corrected chi connectivity index (χ0v) is 18.4. The van der Waals surface area contributed by atoms with Crippen molar-refractivity contribution in [3.8, 4) is 11.1 Å². The molecule has 0 radical (unpaired) electrons. The standard InChI is InChI=1S/C25H25F3N2O4/c26-25(27,28)22(31)29-11-9-16(10-12-29)24(33)14-30(15-24)23(32)34-13-21-19-7-3-1-5-17(19)18-6-2-4-8-20(18)21/h1-8,16,21,33H,9-15H2. The molecule has 2 aromatic carbocycles. The minimum absolute atomic E-state index is 0.0593. The molecule has 0 aromatic heterocycles. The summed E-state index contributed by atoms with van der Waals surface area (Å²) < 4.78 is 43.5. The van der Waals surface area contributed by atoms with Crippen molar-refractivity contribution < 1.29 is 32.6 Å². The maximum Gasteiger partial charge on any atom is 0.471 e. The Morgan fingerprint density at radius 1 is 0.941 bits per heavy atom. The third-order valence-electron chi connectivity index (χ3n) is 7.31. The van der Waals surface area contributed by atoms with Gasteiger partial charge in [0.2, 0.25) is 0 Å². The van der Waals surface area contributed by atoms with Crippen LogP contribution in [0.25, 0.3) is 11.1 Å². The van der Waals surface area contributed by atoms with Crippen LogP contribution in [0.5, 0.6) is 0 Å². The van der Waals surface area contributed by atoms with Crippen LogP contribution in [0.2, 0.25) is 0 Å². The third kappa shape index (κ3) is 3.91. The highest BCUT2D eigenvalue weighted by Gasteiger charge is 2.52. The number of carbonyl (C=O) groups is 2. The molecule has 0 bridgehead atoms. The van der Waals surface area contributed by atoms with Gasteiger partial charge in [-0.05, 0) is 41.0 Å². The van der Waals surface area contributed by atoms with Gasteiger partial charge < -0.3 is 19.6 Å². The number of hydrogen-bond donors (Lipinski definition) is 1. The van der Waals surface area contributed by atoms with E-state index in [4.69, 9.17) is 4.74 Å². The molecule has 9 heteroatoms. The van der Waals surface area contributed by atoms with E-state index in [0.29, 0.717) is 0 Å². The van der Waals surface area contributed by atoms with Crippen molar-refractivity contribution in [3.63, 3.8) is 0 Å². The van der Waals surface area contributed by atoms with E-state index in [1.54, 1.807) is 0 Å². The second kappa shape index (κ2) is 8.30. The predicted octanol–water partition coefficient (Wildman–Crippen LogP) is 3.78. The van der Waals surface area contributed by atoms with Gasteiger partial charge in [0, 0.05) is 19.0 Å². The molecule has 3 aliphatic rings. The fraction of sp³-hybridized carbons (Fsp3) is 0.440. The predicted molar refractivity (Wildman–Crippen MR) is 117 cm³/mol. The molecule has 2 aromatic rings. The van der Waals surface area contributed by atoms with Crippen LogP contribution < -0.4 is 0 Å². The van der Waals surface area contributed by atoms with Gasteiger partial charge in [-0.3, -0.25) is 4.79 Å².